The fourth-order valence-corrected chi connectivity index (χ4v) is 4.32. The summed E-state index contributed by atoms with van der Waals surface area (Å²) >= 11 is 0. The largest absolute Gasteiger partial charge is 0.492 e. The first-order valence-corrected chi connectivity index (χ1v) is 10.3. The molecule has 1 spiro atoms. The average Bonchev–Trinajstić information content (AvgIpc) is 3.11. The lowest BCUT2D eigenvalue weighted by Gasteiger charge is -2.39. The summed E-state index contributed by atoms with van der Waals surface area (Å²) in [5.41, 5.74) is 9.23. The zero-order valence-corrected chi connectivity index (χ0v) is 17.2. The predicted octanol–water partition coefficient (Wildman–Crippen LogP) is 2.58. The third-order valence-corrected chi connectivity index (χ3v) is 6.01. The highest BCUT2D eigenvalue weighted by Gasteiger charge is 2.44. The second kappa shape index (κ2) is 8.32. The molecule has 4 rings (SSSR count). The number of hydrogen-bond acceptors (Lipinski definition) is 4. The molecule has 0 unspecified atom stereocenters. The zero-order valence-electron chi connectivity index (χ0n) is 17.2. The number of nitrogens with one attached hydrogen (secondary N) is 1. The molecule has 6 heteroatoms. The predicted molar refractivity (Wildman–Crippen MR) is 116 cm³/mol. The summed E-state index contributed by atoms with van der Waals surface area (Å²) in [6.07, 6.45) is 3.37. The van der Waals surface area contributed by atoms with Gasteiger partial charge in [-0.1, -0.05) is 42.5 Å². The van der Waals surface area contributed by atoms with E-state index in [2.05, 4.69) is 11.4 Å². The van der Waals surface area contributed by atoms with Crippen LogP contribution in [0.2, 0.25) is 0 Å². The highest BCUT2D eigenvalue weighted by Crippen LogP contribution is 2.45. The summed E-state index contributed by atoms with van der Waals surface area (Å²) in [6.45, 7) is 3.77. The molecule has 2 heterocycles. The van der Waals surface area contributed by atoms with E-state index in [1.165, 1.54) is 12.5 Å². The van der Waals surface area contributed by atoms with Crippen LogP contribution in [0.5, 0.6) is 5.75 Å². The minimum Gasteiger partial charge on any atom is -0.492 e. The molecular formula is C24H27N3O3. The van der Waals surface area contributed by atoms with Crippen LogP contribution in [0.4, 0.5) is 0 Å². The molecule has 6 nitrogen and oxygen atoms in total. The maximum atomic E-state index is 13.2. The summed E-state index contributed by atoms with van der Waals surface area (Å²) in [6, 6.07) is 15.7. The van der Waals surface area contributed by atoms with Gasteiger partial charge >= 0.3 is 0 Å². The van der Waals surface area contributed by atoms with Crippen molar-refractivity contribution in [1.82, 2.24) is 10.2 Å². The van der Waals surface area contributed by atoms with Crippen molar-refractivity contribution >= 4 is 17.9 Å². The number of benzene rings is 2. The van der Waals surface area contributed by atoms with Gasteiger partial charge in [0.1, 0.15) is 11.4 Å². The van der Waals surface area contributed by atoms with Crippen molar-refractivity contribution < 1.29 is 14.3 Å². The van der Waals surface area contributed by atoms with Gasteiger partial charge in [-0.2, -0.15) is 0 Å². The zero-order chi connectivity index (χ0) is 21.1. The average molecular weight is 405 g/mol. The molecule has 2 amide bonds. The monoisotopic (exact) mass is 405 g/mol. The Labute approximate surface area is 176 Å². The number of likely N-dealkylation sites (tertiary alicyclic amines) is 1. The van der Waals surface area contributed by atoms with Gasteiger partial charge in [0.05, 0.1) is 6.61 Å². The van der Waals surface area contributed by atoms with Crippen LogP contribution in [0.15, 0.2) is 54.2 Å². The number of ether oxygens (including phenoxy) is 1. The molecule has 1 fully saturated rings. The molecule has 2 aliphatic rings. The third kappa shape index (κ3) is 3.96. The third-order valence-electron chi connectivity index (χ3n) is 6.01. The smallest absolute Gasteiger partial charge is 0.270 e. The summed E-state index contributed by atoms with van der Waals surface area (Å²) in [5.74, 6) is 0.514. The highest BCUT2D eigenvalue weighted by atomic mass is 16.5. The Morgan fingerprint density at radius 1 is 1.17 bits per heavy atom. The summed E-state index contributed by atoms with van der Waals surface area (Å²) < 4.78 is 5.95. The number of rotatable bonds is 4. The van der Waals surface area contributed by atoms with Crippen LogP contribution in [-0.2, 0) is 21.5 Å². The van der Waals surface area contributed by atoms with Crippen molar-refractivity contribution in [3.8, 4) is 5.75 Å². The molecule has 0 bridgehead atoms. The second-order valence-corrected chi connectivity index (χ2v) is 8.05. The molecule has 3 N–H and O–H groups in total. The van der Waals surface area contributed by atoms with Crippen LogP contribution in [0.3, 0.4) is 0 Å². The van der Waals surface area contributed by atoms with Crippen LogP contribution >= 0.6 is 0 Å². The van der Waals surface area contributed by atoms with Crippen LogP contribution < -0.4 is 15.8 Å². The van der Waals surface area contributed by atoms with Gasteiger partial charge in [-0.3, -0.25) is 9.59 Å². The first kappa shape index (κ1) is 20.2. The Morgan fingerprint density at radius 2 is 1.90 bits per heavy atom. The Morgan fingerprint density at radius 3 is 2.57 bits per heavy atom. The fourth-order valence-electron chi connectivity index (χ4n) is 4.32. The number of carbonyl (C=O) groups is 2. The SMILES string of the molecule is CC(=O)N/C(=C\c1ccccc1)C(=O)N1CCC2(CC1)COc1ccc(CN)cc12. The van der Waals surface area contributed by atoms with Gasteiger partial charge in [0.15, 0.2) is 0 Å². The minimum absolute atomic E-state index is 0.0748. The molecule has 2 aliphatic heterocycles. The Hall–Kier alpha value is -3.12. The number of fused-ring (bicyclic) bond motifs is 2. The summed E-state index contributed by atoms with van der Waals surface area (Å²) in [4.78, 5) is 26.7. The van der Waals surface area contributed by atoms with Gasteiger partial charge in [-0.25, -0.2) is 0 Å². The van der Waals surface area contributed by atoms with Gasteiger partial charge in [0.2, 0.25) is 5.91 Å². The quantitative estimate of drug-likeness (QED) is 0.766. The van der Waals surface area contributed by atoms with Crippen molar-refractivity contribution in [3.05, 3.63) is 70.9 Å². The first-order valence-electron chi connectivity index (χ1n) is 10.3. The molecule has 0 atom stereocenters. The molecule has 0 aliphatic carbocycles. The second-order valence-electron chi connectivity index (χ2n) is 8.05. The van der Waals surface area contributed by atoms with E-state index in [1.807, 2.05) is 47.4 Å². The maximum Gasteiger partial charge on any atom is 0.270 e. The van der Waals surface area contributed by atoms with Gasteiger partial charge in [0, 0.05) is 37.5 Å². The van der Waals surface area contributed by atoms with Crippen LogP contribution in [0.1, 0.15) is 36.5 Å². The van der Waals surface area contributed by atoms with Gasteiger partial charge in [0.25, 0.3) is 5.91 Å². The van der Waals surface area contributed by atoms with Crippen molar-refractivity contribution in [2.45, 2.75) is 31.7 Å². The van der Waals surface area contributed by atoms with E-state index >= 15 is 0 Å². The Bertz CT molecular complexity index is 976. The summed E-state index contributed by atoms with van der Waals surface area (Å²) in [5, 5.41) is 2.71. The van der Waals surface area contributed by atoms with E-state index < -0.39 is 0 Å². The number of hydrogen-bond donors (Lipinski definition) is 2. The van der Waals surface area contributed by atoms with E-state index in [0.717, 1.165) is 29.7 Å². The van der Waals surface area contributed by atoms with E-state index in [4.69, 9.17) is 10.5 Å². The Kier molecular flexibility index (Phi) is 5.59. The van der Waals surface area contributed by atoms with Gasteiger partial charge in [-0.15, -0.1) is 0 Å². The van der Waals surface area contributed by atoms with Crippen molar-refractivity contribution in [2.75, 3.05) is 19.7 Å². The van der Waals surface area contributed by atoms with Gasteiger partial charge < -0.3 is 20.7 Å². The topological polar surface area (TPSA) is 84.7 Å². The minimum atomic E-state index is -0.258. The van der Waals surface area contributed by atoms with E-state index in [0.29, 0.717) is 31.9 Å². The lowest BCUT2D eigenvalue weighted by molar-refractivity contribution is -0.130. The van der Waals surface area contributed by atoms with Crippen molar-refractivity contribution in [2.24, 2.45) is 5.73 Å². The number of nitrogens with two attached hydrogens (primary N) is 1. The van der Waals surface area contributed by atoms with Crippen molar-refractivity contribution in [3.63, 3.8) is 0 Å². The first-order chi connectivity index (χ1) is 14.5. The molecule has 0 aromatic heterocycles. The van der Waals surface area contributed by atoms with Crippen LogP contribution in [0.25, 0.3) is 6.08 Å². The highest BCUT2D eigenvalue weighted by molar-refractivity contribution is 6.01. The molecule has 156 valence electrons. The number of nitrogens with zero attached hydrogens (tertiary/aromatic N) is 1. The molecule has 1 saturated heterocycles. The lowest BCUT2D eigenvalue weighted by Crippen LogP contribution is -2.47. The van der Waals surface area contributed by atoms with Crippen LogP contribution in [-0.4, -0.2) is 36.4 Å². The number of amides is 2. The molecule has 0 radical (unpaired) electrons. The molecule has 0 saturated carbocycles. The van der Waals surface area contributed by atoms with E-state index in [-0.39, 0.29) is 17.2 Å². The molecular weight excluding hydrogens is 378 g/mol. The van der Waals surface area contributed by atoms with Gasteiger partial charge in [-0.05, 0) is 36.1 Å². The molecule has 30 heavy (non-hydrogen) atoms. The number of carbonyl (C=O) groups excluding carboxylic acids is 2. The summed E-state index contributed by atoms with van der Waals surface area (Å²) in [7, 11) is 0. The number of piperidine rings is 1. The normalized spacial score (nSPS) is 17.4. The Balaban J connectivity index is 1.52. The van der Waals surface area contributed by atoms with E-state index in [9.17, 15) is 9.59 Å². The van der Waals surface area contributed by atoms with Crippen LogP contribution in [0, 0.1) is 0 Å². The lowest BCUT2D eigenvalue weighted by atomic mass is 9.74. The fraction of sp³-hybridized carbons (Fsp3) is 0.333. The van der Waals surface area contributed by atoms with E-state index in [1.54, 1.807) is 6.08 Å². The standard InChI is InChI=1S/C24H27N3O3/c1-17(28)26-21(14-18-5-3-2-4-6-18)23(29)27-11-9-24(10-12-27)16-30-22-8-7-19(15-25)13-20(22)24/h2-8,13-14H,9-12,15-16,25H2,1H3,(H,26,28)/b21-14-. The molecule has 2 aromatic rings. The maximum absolute atomic E-state index is 13.2. The van der Waals surface area contributed by atoms with Crippen molar-refractivity contribution in [1.29, 1.82) is 0 Å². The molecule has 2 aromatic carbocycles.